The number of esters is 1. The second-order valence-corrected chi connectivity index (χ2v) is 4.88. The molecule has 2 amide bonds. The molecule has 9 heteroatoms. The van der Waals surface area contributed by atoms with Crippen molar-refractivity contribution >= 4 is 41.0 Å². The minimum atomic E-state index is -0.595. The summed E-state index contributed by atoms with van der Waals surface area (Å²) in [6.07, 6.45) is -0.180. The third kappa shape index (κ3) is 6.64. The fourth-order valence-electron chi connectivity index (χ4n) is 1.29. The smallest absolute Gasteiger partial charge is 0.306 e. The Kier molecular flexibility index (Phi) is 7.48. The molecule has 0 unspecified atom stereocenters. The average Bonchev–Trinajstić information content (AvgIpc) is 2.51. The van der Waals surface area contributed by atoms with Crippen molar-refractivity contribution in [2.45, 2.75) is 12.8 Å². The number of benzene rings is 1. The van der Waals surface area contributed by atoms with Crippen LogP contribution in [0.1, 0.15) is 12.8 Å². The highest BCUT2D eigenvalue weighted by Crippen LogP contribution is 2.27. The topological polar surface area (TPSA) is 93.7 Å². The Morgan fingerprint density at radius 1 is 1.09 bits per heavy atom. The van der Waals surface area contributed by atoms with Crippen molar-refractivity contribution in [2.75, 3.05) is 13.7 Å². The number of hydrogen-bond acceptors (Lipinski definition) is 5. The Morgan fingerprint density at radius 2 is 1.77 bits per heavy atom. The van der Waals surface area contributed by atoms with E-state index in [2.05, 4.69) is 15.6 Å². The van der Waals surface area contributed by atoms with Crippen LogP contribution in [0.2, 0.25) is 10.0 Å². The van der Waals surface area contributed by atoms with Gasteiger partial charge in [-0.3, -0.25) is 25.2 Å². The van der Waals surface area contributed by atoms with Gasteiger partial charge in [0, 0.05) is 17.5 Å². The Labute approximate surface area is 136 Å². The van der Waals surface area contributed by atoms with Crippen LogP contribution < -0.4 is 15.6 Å². The van der Waals surface area contributed by atoms with Crippen molar-refractivity contribution in [1.82, 2.24) is 10.9 Å². The lowest BCUT2D eigenvalue weighted by Crippen LogP contribution is -2.43. The number of nitrogens with one attached hydrogen (secondary N) is 2. The monoisotopic (exact) mass is 348 g/mol. The summed E-state index contributed by atoms with van der Waals surface area (Å²) in [5.74, 6) is -1.39. The molecule has 7 nitrogen and oxygen atoms in total. The molecule has 22 heavy (non-hydrogen) atoms. The first kappa shape index (κ1) is 18.1. The third-order valence-corrected chi connectivity index (χ3v) is 2.92. The van der Waals surface area contributed by atoms with Gasteiger partial charge in [-0.2, -0.15) is 0 Å². The number of methoxy groups -OCH3 is 1. The standard InChI is InChI=1S/C13H14Cl2N2O5/c1-21-13(20)5-4-11(18)16-17-12(19)7-22-10-6-8(14)2-3-9(10)15/h2-3,6H,4-5,7H2,1H3,(H,16,18)(H,17,19). The number of carbonyl (C=O) groups excluding carboxylic acids is 3. The van der Waals surface area contributed by atoms with E-state index in [1.807, 2.05) is 0 Å². The molecule has 0 radical (unpaired) electrons. The molecule has 120 valence electrons. The molecule has 1 aromatic carbocycles. The number of ether oxygens (including phenoxy) is 2. The van der Waals surface area contributed by atoms with Gasteiger partial charge in [-0.05, 0) is 12.1 Å². The SMILES string of the molecule is COC(=O)CCC(=O)NNC(=O)COc1cc(Cl)ccc1Cl. The molecule has 0 spiro atoms. The Bertz CT molecular complexity index is 565. The maximum Gasteiger partial charge on any atom is 0.306 e. The van der Waals surface area contributed by atoms with Crippen LogP contribution in [0.4, 0.5) is 0 Å². The first-order valence-electron chi connectivity index (χ1n) is 6.14. The third-order valence-electron chi connectivity index (χ3n) is 2.38. The summed E-state index contributed by atoms with van der Waals surface area (Å²) >= 11 is 11.6. The summed E-state index contributed by atoms with van der Waals surface area (Å²) in [6, 6.07) is 4.58. The van der Waals surface area contributed by atoms with Gasteiger partial charge in [-0.1, -0.05) is 23.2 Å². The van der Waals surface area contributed by atoms with Crippen LogP contribution in [-0.4, -0.2) is 31.5 Å². The number of hydrogen-bond donors (Lipinski definition) is 2. The molecule has 1 aromatic rings. The summed E-state index contributed by atoms with van der Waals surface area (Å²) in [7, 11) is 1.22. The number of rotatable bonds is 6. The zero-order chi connectivity index (χ0) is 16.5. The van der Waals surface area contributed by atoms with E-state index in [-0.39, 0.29) is 25.2 Å². The van der Waals surface area contributed by atoms with Crippen molar-refractivity contribution in [3.8, 4) is 5.75 Å². The second-order valence-electron chi connectivity index (χ2n) is 4.04. The van der Waals surface area contributed by atoms with Gasteiger partial charge in [0.05, 0.1) is 18.6 Å². The Hall–Kier alpha value is -1.99. The molecule has 2 N–H and O–H groups in total. The second kappa shape index (κ2) is 9.11. The van der Waals surface area contributed by atoms with Crippen molar-refractivity contribution < 1.29 is 23.9 Å². The average molecular weight is 349 g/mol. The Balaban J connectivity index is 2.30. The van der Waals surface area contributed by atoms with Crippen LogP contribution in [-0.2, 0) is 19.1 Å². The summed E-state index contributed by atoms with van der Waals surface area (Å²) in [5, 5.41) is 0.718. The fraction of sp³-hybridized carbons (Fsp3) is 0.308. The van der Waals surface area contributed by atoms with Gasteiger partial charge < -0.3 is 9.47 Å². The van der Waals surface area contributed by atoms with Gasteiger partial charge in [0.15, 0.2) is 6.61 Å². The first-order valence-corrected chi connectivity index (χ1v) is 6.90. The van der Waals surface area contributed by atoms with E-state index in [0.717, 1.165) is 0 Å². The predicted octanol–water partition coefficient (Wildman–Crippen LogP) is 1.47. The van der Waals surface area contributed by atoms with Crippen molar-refractivity contribution in [3.63, 3.8) is 0 Å². The van der Waals surface area contributed by atoms with E-state index in [4.69, 9.17) is 27.9 Å². The van der Waals surface area contributed by atoms with Crippen molar-refractivity contribution in [2.24, 2.45) is 0 Å². The number of amides is 2. The lowest BCUT2D eigenvalue weighted by molar-refractivity contribution is -0.142. The molecule has 0 saturated carbocycles. The summed E-state index contributed by atoms with van der Waals surface area (Å²) in [4.78, 5) is 33.7. The molecule has 0 fully saturated rings. The minimum Gasteiger partial charge on any atom is -0.482 e. The first-order chi connectivity index (χ1) is 10.4. The highest BCUT2D eigenvalue weighted by molar-refractivity contribution is 6.34. The van der Waals surface area contributed by atoms with E-state index in [1.54, 1.807) is 6.07 Å². The van der Waals surface area contributed by atoms with Gasteiger partial charge in [0.2, 0.25) is 5.91 Å². The molecule has 0 aromatic heterocycles. The largest absolute Gasteiger partial charge is 0.482 e. The molecular formula is C13H14Cl2N2O5. The number of carbonyl (C=O) groups is 3. The minimum absolute atomic E-state index is 0.0766. The quantitative estimate of drug-likeness (QED) is 0.599. The normalized spacial score (nSPS) is 9.77. The molecule has 0 saturated heterocycles. The molecule has 1 rings (SSSR count). The van der Waals surface area contributed by atoms with Crippen LogP contribution in [0, 0.1) is 0 Å². The summed E-state index contributed by atoms with van der Waals surface area (Å²) < 4.78 is 9.56. The van der Waals surface area contributed by atoms with Crippen LogP contribution in [0.15, 0.2) is 18.2 Å². The van der Waals surface area contributed by atoms with Gasteiger partial charge >= 0.3 is 5.97 Å². The van der Waals surface area contributed by atoms with E-state index in [9.17, 15) is 14.4 Å². The van der Waals surface area contributed by atoms with Gasteiger partial charge in [-0.25, -0.2) is 0 Å². The van der Waals surface area contributed by atoms with Crippen molar-refractivity contribution in [1.29, 1.82) is 0 Å². The molecule has 0 heterocycles. The van der Waals surface area contributed by atoms with E-state index < -0.39 is 17.8 Å². The lowest BCUT2D eigenvalue weighted by atomic mass is 10.3. The van der Waals surface area contributed by atoms with Crippen LogP contribution in [0.25, 0.3) is 0 Å². The highest BCUT2D eigenvalue weighted by atomic mass is 35.5. The Morgan fingerprint density at radius 3 is 2.45 bits per heavy atom. The maximum atomic E-state index is 11.5. The van der Waals surface area contributed by atoms with Crippen LogP contribution >= 0.6 is 23.2 Å². The fourth-order valence-corrected chi connectivity index (χ4v) is 1.62. The predicted molar refractivity (Wildman–Crippen MR) is 79.5 cm³/mol. The van der Waals surface area contributed by atoms with Crippen molar-refractivity contribution in [3.05, 3.63) is 28.2 Å². The molecule has 0 bridgehead atoms. The summed E-state index contributed by atoms with van der Waals surface area (Å²) in [6.45, 7) is -0.364. The summed E-state index contributed by atoms with van der Waals surface area (Å²) in [5.41, 5.74) is 4.28. The zero-order valence-electron chi connectivity index (χ0n) is 11.7. The molecule has 0 aliphatic rings. The number of halogens is 2. The van der Waals surface area contributed by atoms with Gasteiger partial charge in [-0.15, -0.1) is 0 Å². The lowest BCUT2D eigenvalue weighted by Gasteiger charge is -2.09. The van der Waals surface area contributed by atoms with E-state index in [1.165, 1.54) is 19.2 Å². The molecule has 0 aliphatic heterocycles. The number of hydrazine groups is 1. The molecule has 0 aliphatic carbocycles. The van der Waals surface area contributed by atoms with Gasteiger partial charge in [0.25, 0.3) is 5.91 Å². The van der Waals surface area contributed by atoms with Gasteiger partial charge in [0.1, 0.15) is 5.75 Å². The zero-order valence-corrected chi connectivity index (χ0v) is 13.2. The van der Waals surface area contributed by atoms with Crippen LogP contribution in [0.5, 0.6) is 5.75 Å². The molecule has 0 atom stereocenters. The molecular weight excluding hydrogens is 335 g/mol. The maximum absolute atomic E-state index is 11.5. The van der Waals surface area contributed by atoms with Crippen LogP contribution in [0.3, 0.4) is 0 Å². The van der Waals surface area contributed by atoms with E-state index >= 15 is 0 Å². The van der Waals surface area contributed by atoms with E-state index in [0.29, 0.717) is 10.0 Å². The highest BCUT2D eigenvalue weighted by Gasteiger charge is 2.09.